The van der Waals surface area contributed by atoms with E-state index in [1.165, 1.54) is 12.1 Å². The van der Waals surface area contributed by atoms with Crippen molar-refractivity contribution in [2.24, 2.45) is 0 Å². The summed E-state index contributed by atoms with van der Waals surface area (Å²) in [6.07, 6.45) is 0.489. The van der Waals surface area contributed by atoms with Crippen molar-refractivity contribution in [3.8, 4) is 5.75 Å². The number of unbranched alkanes of at least 4 members (excludes halogenated alkanes) is 1. The predicted octanol–water partition coefficient (Wildman–Crippen LogP) is 4.55. The van der Waals surface area contributed by atoms with E-state index in [1.807, 2.05) is 0 Å². The maximum atomic E-state index is 13.8. The number of ether oxygens (including phenoxy) is 2. The van der Waals surface area contributed by atoms with E-state index < -0.39 is 59.2 Å². The van der Waals surface area contributed by atoms with Gasteiger partial charge in [0.25, 0.3) is 5.91 Å². The van der Waals surface area contributed by atoms with Gasteiger partial charge >= 0.3 is 6.09 Å². The van der Waals surface area contributed by atoms with Crippen LogP contribution in [0.5, 0.6) is 5.75 Å². The highest BCUT2D eigenvalue weighted by molar-refractivity contribution is 5.98. The Hall–Kier alpha value is -3.56. The molecule has 1 atom stereocenters. The third-order valence-electron chi connectivity index (χ3n) is 4.67. The lowest BCUT2D eigenvalue weighted by Crippen LogP contribution is -2.43. The first-order chi connectivity index (χ1) is 16.5. The maximum absolute atomic E-state index is 13.8. The van der Waals surface area contributed by atoms with Gasteiger partial charge in [-0.3, -0.25) is 9.59 Å². The zero-order chi connectivity index (χ0) is 26.0. The predicted molar refractivity (Wildman–Crippen MR) is 123 cm³/mol. The Labute approximate surface area is 202 Å². The third-order valence-corrected chi connectivity index (χ3v) is 4.67. The summed E-state index contributed by atoms with van der Waals surface area (Å²) in [5.41, 5.74) is -0.499. The minimum absolute atomic E-state index is 0.136. The molecule has 2 aromatic rings. The zero-order valence-electron chi connectivity index (χ0n) is 19.8. The summed E-state index contributed by atoms with van der Waals surface area (Å²) in [4.78, 5) is 37.0. The molecule has 0 aliphatic rings. The second kappa shape index (κ2) is 12.8. The molecule has 2 N–H and O–H groups in total. The van der Waals surface area contributed by atoms with Crippen molar-refractivity contribution < 1.29 is 37.0 Å². The van der Waals surface area contributed by atoms with Gasteiger partial charge in [0.2, 0.25) is 0 Å². The van der Waals surface area contributed by atoms with Gasteiger partial charge in [0.05, 0.1) is 6.04 Å². The molecule has 0 saturated carbocycles. The summed E-state index contributed by atoms with van der Waals surface area (Å²) in [6.45, 7) is 4.81. The van der Waals surface area contributed by atoms with Crippen molar-refractivity contribution in [2.45, 2.75) is 51.7 Å². The Balaban J connectivity index is 1.97. The van der Waals surface area contributed by atoms with Gasteiger partial charge in [-0.15, -0.1) is 0 Å². The Morgan fingerprint density at radius 2 is 1.57 bits per heavy atom. The van der Waals surface area contributed by atoms with Crippen LogP contribution in [0, 0.1) is 17.5 Å². The second-order valence-electron chi connectivity index (χ2n) is 8.76. The van der Waals surface area contributed by atoms with Crippen molar-refractivity contribution in [3.05, 3.63) is 65.5 Å². The molecule has 0 bridgehead atoms. The second-order valence-corrected chi connectivity index (χ2v) is 8.76. The molecule has 2 amide bonds. The molecule has 0 saturated heterocycles. The number of Topliss-reactive ketones (excluding diaryl/α,β-unsaturated/α-hetero) is 1. The quantitative estimate of drug-likeness (QED) is 0.447. The monoisotopic (exact) mass is 494 g/mol. The van der Waals surface area contributed by atoms with E-state index in [1.54, 1.807) is 20.8 Å². The molecule has 35 heavy (non-hydrogen) atoms. The van der Waals surface area contributed by atoms with Crippen LogP contribution in [0.1, 0.15) is 50.4 Å². The summed E-state index contributed by atoms with van der Waals surface area (Å²) in [5.74, 6) is -4.36. The average molecular weight is 495 g/mol. The van der Waals surface area contributed by atoms with Crippen LogP contribution in [0.15, 0.2) is 42.5 Å². The number of hydrogen-bond donors (Lipinski definition) is 2. The van der Waals surface area contributed by atoms with E-state index >= 15 is 0 Å². The molecular formula is C25H29F3N2O5. The molecule has 0 radical (unpaired) electrons. The molecule has 0 aromatic heterocycles. The summed E-state index contributed by atoms with van der Waals surface area (Å²) in [7, 11) is 0. The number of halogens is 3. The number of para-hydroxylation sites is 1. The summed E-state index contributed by atoms with van der Waals surface area (Å²) in [6, 6.07) is 6.86. The molecule has 2 rings (SSSR count). The standard InChI is InChI=1S/C25H29F3N2O5/c1-25(2,3)35-24(33)29-14-5-4-9-20(30-23(32)16-10-12-17(26)13-11-16)21(31)15-34-22-18(27)7-6-8-19(22)28/h6-8,10-13,20H,4-5,9,14-15H2,1-3H3,(H,29,33)(H,30,32)/t20-/m0/s1. The lowest BCUT2D eigenvalue weighted by Gasteiger charge is -2.20. The average Bonchev–Trinajstić information content (AvgIpc) is 2.76. The van der Waals surface area contributed by atoms with Gasteiger partial charge in [0.15, 0.2) is 23.2 Å². The summed E-state index contributed by atoms with van der Waals surface area (Å²) >= 11 is 0. The van der Waals surface area contributed by atoms with Crippen molar-refractivity contribution in [2.75, 3.05) is 13.2 Å². The van der Waals surface area contributed by atoms with Crippen LogP contribution >= 0.6 is 0 Å². The Bertz CT molecular complexity index is 1000. The van der Waals surface area contributed by atoms with E-state index in [4.69, 9.17) is 9.47 Å². The minimum atomic E-state index is -1.04. The molecule has 0 aliphatic carbocycles. The zero-order valence-corrected chi connectivity index (χ0v) is 19.8. The van der Waals surface area contributed by atoms with Crippen LogP contribution in [0.25, 0.3) is 0 Å². The number of benzene rings is 2. The highest BCUT2D eigenvalue weighted by Crippen LogP contribution is 2.21. The molecule has 0 fully saturated rings. The van der Waals surface area contributed by atoms with E-state index in [0.29, 0.717) is 12.8 Å². The largest absolute Gasteiger partial charge is 0.480 e. The van der Waals surface area contributed by atoms with Gasteiger partial charge in [0, 0.05) is 12.1 Å². The Morgan fingerprint density at radius 3 is 2.17 bits per heavy atom. The number of ketones is 1. The SMILES string of the molecule is CC(C)(C)OC(=O)NCCCC[C@H](NC(=O)c1ccc(F)cc1)C(=O)COc1c(F)cccc1F. The van der Waals surface area contributed by atoms with Gasteiger partial charge in [-0.05, 0) is 76.4 Å². The molecule has 7 nitrogen and oxygen atoms in total. The molecular weight excluding hydrogens is 465 g/mol. The molecule has 0 spiro atoms. The van der Waals surface area contributed by atoms with Gasteiger partial charge in [-0.1, -0.05) is 6.07 Å². The lowest BCUT2D eigenvalue weighted by molar-refractivity contribution is -0.123. The van der Waals surface area contributed by atoms with Crippen molar-refractivity contribution in [3.63, 3.8) is 0 Å². The van der Waals surface area contributed by atoms with Gasteiger partial charge in [-0.2, -0.15) is 0 Å². The first kappa shape index (κ1) is 27.7. The Kier molecular flexibility index (Phi) is 10.1. The topological polar surface area (TPSA) is 93.7 Å². The van der Waals surface area contributed by atoms with E-state index in [0.717, 1.165) is 30.3 Å². The lowest BCUT2D eigenvalue weighted by atomic mass is 10.0. The van der Waals surface area contributed by atoms with E-state index in [9.17, 15) is 27.6 Å². The Morgan fingerprint density at radius 1 is 0.943 bits per heavy atom. The third kappa shape index (κ3) is 9.68. The number of carbonyl (C=O) groups is 3. The van der Waals surface area contributed by atoms with Crippen LogP contribution < -0.4 is 15.4 Å². The number of nitrogens with one attached hydrogen (secondary N) is 2. The summed E-state index contributed by atoms with van der Waals surface area (Å²) < 4.78 is 50.9. The first-order valence-corrected chi connectivity index (χ1v) is 11.1. The number of carbonyl (C=O) groups excluding carboxylic acids is 3. The van der Waals surface area contributed by atoms with E-state index in [2.05, 4.69) is 10.6 Å². The van der Waals surface area contributed by atoms with Crippen molar-refractivity contribution in [1.29, 1.82) is 0 Å². The molecule has 0 heterocycles. The number of rotatable bonds is 11. The fourth-order valence-electron chi connectivity index (χ4n) is 3.00. The van der Waals surface area contributed by atoms with Gasteiger partial charge in [-0.25, -0.2) is 18.0 Å². The van der Waals surface area contributed by atoms with E-state index in [-0.39, 0.29) is 18.5 Å². The highest BCUT2D eigenvalue weighted by atomic mass is 19.1. The fourth-order valence-corrected chi connectivity index (χ4v) is 3.00. The minimum Gasteiger partial charge on any atom is -0.480 e. The van der Waals surface area contributed by atoms with Crippen LogP contribution in [0.3, 0.4) is 0 Å². The van der Waals surface area contributed by atoms with Crippen LogP contribution in [0.4, 0.5) is 18.0 Å². The molecule has 0 unspecified atom stereocenters. The molecule has 2 aromatic carbocycles. The maximum Gasteiger partial charge on any atom is 0.407 e. The van der Waals surface area contributed by atoms with Crippen LogP contribution in [-0.2, 0) is 9.53 Å². The van der Waals surface area contributed by atoms with Crippen LogP contribution in [0.2, 0.25) is 0 Å². The molecule has 0 aliphatic heterocycles. The first-order valence-electron chi connectivity index (χ1n) is 11.1. The summed E-state index contributed by atoms with van der Waals surface area (Å²) in [5, 5.41) is 5.15. The van der Waals surface area contributed by atoms with Crippen molar-refractivity contribution >= 4 is 17.8 Å². The normalized spacial score (nSPS) is 11.9. The number of hydrogen-bond acceptors (Lipinski definition) is 5. The highest BCUT2D eigenvalue weighted by Gasteiger charge is 2.23. The molecule has 10 heteroatoms. The molecule has 190 valence electrons. The van der Waals surface area contributed by atoms with Gasteiger partial charge in [0.1, 0.15) is 18.0 Å². The number of alkyl carbamates (subject to hydrolysis) is 1. The number of amides is 2. The van der Waals surface area contributed by atoms with Gasteiger partial charge < -0.3 is 20.1 Å². The fraction of sp³-hybridized carbons (Fsp3) is 0.400. The van der Waals surface area contributed by atoms with Crippen LogP contribution in [-0.4, -0.2) is 42.6 Å². The van der Waals surface area contributed by atoms with Crippen molar-refractivity contribution in [1.82, 2.24) is 10.6 Å². The smallest absolute Gasteiger partial charge is 0.407 e.